The summed E-state index contributed by atoms with van der Waals surface area (Å²) in [6.07, 6.45) is -5.68. The molecule has 0 aliphatic rings. The zero-order chi connectivity index (χ0) is 17.8. The quantitative estimate of drug-likeness (QED) is 0.671. The van der Waals surface area contributed by atoms with Crippen LogP contribution in [0.15, 0.2) is 42.6 Å². The Kier molecular flexibility index (Phi) is 5.43. The Morgan fingerprint density at radius 3 is 2.38 bits per heavy atom. The first-order chi connectivity index (χ1) is 11.2. The number of nitrogens with zero attached hydrogens (tertiary/aromatic N) is 1. The summed E-state index contributed by atoms with van der Waals surface area (Å²) in [6.45, 7) is 0. The van der Waals surface area contributed by atoms with Gasteiger partial charge in [-0.25, -0.2) is 0 Å². The Hall–Kier alpha value is -2.15. The van der Waals surface area contributed by atoms with Gasteiger partial charge in [0.15, 0.2) is 0 Å². The van der Waals surface area contributed by atoms with Gasteiger partial charge in [-0.3, -0.25) is 4.98 Å². The fraction of sp³-hybridized carbons (Fsp3) is 0.188. The standard InChI is InChI=1S/C16H10ClF5NO/c17-13-4-2-10-23-14(13)5-1-3-11-6-8-12(9-7-11)24-16(21,22)15(18,19)20/h1-3,6-10H,5H2. The number of ether oxygens (including phenoxy) is 1. The highest BCUT2D eigenvalue weighted by molar-refractivity contribution is 6.31. The van der Waals surface area contributed by atoms with Crippen molar-refractivity contribution < 1.29 is 26.7 Å². The van der Waals surface area contributed by atoms with E-state index in [2.05, 4.69) is 15.8 Å². The lowest BCUT2D eigenvalue weighted by Gasteiger charge is -2.20. The monoisotopic (exact) mass is 362 g/mol. The molecule has 0 amide bonds. The number of alkyl halides is 5. The minimum Gasteiger partial charge on any atom is -0.426 e. The van der Waals surface area contributed by atoms with E-state index >= 15 is 0 Å². The minimum atomic E-state index is -5.77. The van der Waals surface area contributed by atoms with Gasteiger partial charge in [-0.2, -0.15) is 22.0 Å². The highest BCUT2D eigenvalue weighted by Crippen LogP contribution is 2.37. The van der Waals surface area contributed by atoms with E-state index in [1.54, 1.807) is 24.4 Å². The molecule has 127 valence electrons. The number of halogens is 6. The fourth-order valence-corrected chi connectivity index (χ4v) is 1.87. The van der Waals surface area contributed by atoms with Crippen molar-refractivity contribution in [1.29, 1.82) is 0 Å². The van der Waals surface area contributed by atoms with Crippen LogP contribution in [0.1, 0.15) is 11.3 Å². The third-order valence-corrected chi connectivity index (χ3v) is 3.17. The molecule has 0 saturated heterocycles. The summed E-state index contributed by atoms with van der Waals surface area (Å²) in [5.41, 5.74) is 1.20. The molecule has 0 fully saturated rings. The summed E-state index contributed by atoms with van der Waals surface area (Å²) in [4.78, 5) is 4.06. The van der Waals surface area contributed by atoms with Crippen LogP contribution in [-0.2, 0) is 6.42 Å². The van der Waals surface area contributed by atoms with E-state index in [9.17, 15) is 22.0 Å². The van der Waals surface area contributed by atoms with Crippen LogP contribution in [0.3, 0.4) is 0 Å². The molecule has 24 heavy (non-hydrogen) atoms. The SMILES string of the molecule is FC(F)(F)C(F)(F)Oc1ccc(C=CCc2ncc[c]c2Cl)cc1. The van der Waals surface area contributed by atoms with Gasteiger partial charge in [-0.05, 0) is 23.8 Å². The maximum absolute atomic E-state index is 12.8. The first-order valence-electron chi connectivity index (χ1n) is 6.60. The second-order valence-electron chi connectivity index (χ2n) is 4.64. The second kappa shape index (κ2) is 7.17. The summed E-state index contributed by atoms with van der Waals surface area (Å²) in [7, 11) is 0. The van der Waals surface area contributed by atoms with Crippen molar-refractivity contribution in [3.63, 3.8) is 0 Å². The van der Waals surface area contributed by atoms with Crippen LogP contribution in [0.2, 0.25) is 5.02 Å². The van der Waals surface area contributed by atoms with Crippen LogP contribution in [0, 0.1) is 6.07 Å². The molecule has 2 rings (SSSR count). The average Bonchev–Trinajstić information content (AvgIpc) is 2.49. The lowest BCUT2D eigenvalue weighted by Crippen LogP contribution is -2.41. The number of benzene rings is 1. The van der Waals surface area contributed by atoms with Crippen molar-refractivity contribution in [3.05, 3.63) is 65.0 Å². The van der Waals surface area contributed by atoms with Crippen LogP contribution < -0.4 is 4.74 Å². The van der Waals surface area contributed by atoms with Gasteiger partial charge >= 0.3 is 12.3 Å². The van der Waals surface area contributed by atoms with E-state index < -0.39 is 18.0 Å². The lowest BCUT2D eigenvalue weighted by molar-refractivity contribution is -0.360. The molecular formula is C16H10ClF5NO. The van der Waals surface area contributed by atoms with Crippen LogP contribution in [0.4, 0.5) is 22.0 Å². The number of rotatable bonds is 5. The van der Waals surface area contributed by atoms with Gasteiger partial charge in [-0.15, -0.1) is 0 Å². The van der Waals surface area contributed by atoms with E-state index in [0.717, 1.165) is 12.1 Å². The van der Waals surface area contributed by atoms with Crippen molar-refractivity contribution in [2.45, 2.75) is 18.7 Å². The topological polar surface area (TPSA) is 22.1 Å². The molecule has 0 spiro atoms. The second-order valence-corrected chi connectivity index (χ2v) is 5.02. The molecule has 0 aliphatic carbocycles. The predicted molar refractivity (Wildman–Crippen MR) is 78.9 cm³/mol. The summed E-state index contributed by atoms with van der Waals surface area (Å²) >= 11 is 5.89. The average molecular weight is 363 g/mol. The van der Waals surface area contributed by atoms with E-state index in [1.165, 1.54) is 12.1 Å². The van der Waals surface area contributed by atoms with E-state index in [-0.39, 0.29) is 0 Å². The number of hydrogen-bond donors (Lipinski definition) is 0. The molecular weight excluding hydrogens is 353 g/mol. The molecule has 0 aliphatic heterocycles. The zero-order valence-electron chi connectivity index (χ0n) is 11.9. The molecule has 0 atom stereocenters. The summed E-state index contributed by atoms with van der Waals surface area (Å²) in [5, 5.41) is 0.389. The molecule has 2 nitrogen and oxygen atoms in total. The van der Waals surface area contributed by atoms with Gasteiger partial charge in [0.05, 0.1) is 10.7 Å². The highest BCUT2D eigenvalue weighted by Gasteiger charge is 2.61. The summed E-state index contributed by atoms with van der Waals surface area (Å²) in [6, 6.07) is 9.11. The van der Waals surface area contributed by atoms with Gasteiger partial charge < -0.3 is 4.74 Å². The summed E-state index contributed by atoms with van der Waals surface area (Å²) < 4.78 is 65.4. The number of pyridine rings is 1. The van der Waals surface area contributed by atoms with E-state index in [0.29, 0.717) is 22.7 Å². The molecule has 2 aromatic rings. The van der Waals surface area contributed by atoms with E-state index in [4.69, 9.17) is 11.6 Å². The number of hydrogen-bond acceptors (Lipinski definition) is 2. The molecule has 1 heterocycles. The lowest BCUT2D eigenvalue weighted by atomic mass is 10.1. The molecule has 8 heteroatoms. The third-order valence-electron chi connectivity index (χ3n) is 2.85. The molecule has 0 unspecified atom stereocenters. The normalized spacial score (nSPS) is 12.6. The number of allylic oxidation sites excluding steroid dienone is 1. The Morgan fingerprint density at radius 2 is 1.79 bits per heavy atom. The van der Waals surface area contributed by atoms with Gasteiger partial charge in [0.2, 0.25) is 0 Å². The molecule has 1 radical (unpaired) electrons. The third kappa shape index (κ3) is 4.67. The maximum atomic E-state index is 12.8. The first-order valence-corrected chi connectivity index (χ1v) is 6.98. The molecule has 1 aromatic carbocycles. The molecule has 1 aromatic heterocycles. The van der Waals surface area contributed by atoms with Crippen molar-refractivity contribution in [2.24, 2.45) is 0 Å². The highest BCUT2D eigenvalue weighted by atomic mass is 35.5. The zero-order valence-corrected chi connectivity index (χ0v) is 12.7. The molecule has 0 saturated carbocycles. The van der Waals surface area contributed by atoms with Gasteiger partial charge in [0.1, 0.15) is 5.75 Å². The van der Waals surface area contributed by atoms with Gasteiger partial charge in [-0.1, -0.05) is 35.9 Å². The van der Waals surface area contributed by atoms with Crippen molar-refractivity contribution in [3.8, 4) is 5.75 Å². The fourth-order valence-electron chi connectivity index (χ4n) is 1.68. The van der Waals surface area contributed by atoms with Crippen molar-refractivity contribution in [1.82, 2.24) is 4.98 Å². The first kappa shape index (κ1) is 18.2. The van der Waals surface area contributed by atoms with E-state index in [1.807, 2.05) is 0 Å². The van der Waals surface area contributed by atoms with Crippen LogP contribution in [-0.4, -0.2) is 17.3 Å². The number of aromatic nitrogens is 1. The Labute approximate surface area is 139 Å². The Bertz CT molecular complexity index is 713. The molecule has 0 bridgehead atoms. The van der Waals surface area contributed by atoms with Crippen LogP contribution >= 0.6 is 11.6 Å². The summed E-state index contributed by atoms with van der Waals surface area (Å²) in [5.74, 6) is -0.586. The van der Waals surface area contributed by atoms with Crippen LogP contribution in [0.25, 0.3) is 6.08 Å². The van der Waals surface area contributed by atoms with Gasteiger partial charge in [0, 0.05) is 18.7 Å². The Balaban J connectivity index is 2.00. The largest absolute Gasteiger partial charge is 0.499 e. The van der Waals surface area contributed by atoms with Crippen LogP contribution in [0.5, 0.6) is 5.75 Å². The minimum absolute atomic E-state index is 0.389. The Morgan fingerprint density at radius 1 is 1.12 bits per heavy atom. The predicted octanol–water partition coefficient (Wildman–Crippen LogP) is 5.32. The van der Waals surface area contributed by atoms with Gasteiger partial charge in [0.25, 0.3) is 0 Å². The van der Waals surface area contributed by atoms with Crippen molar-refractivity contribution in [2.75, 3.05) is 0 Å². The molecule has 0 N–H and O–H groups in total. The smallest absolute Gasteiger partial charge is 0.426 e. The van der Waals surface area contributed by atoms with Crippen molar-refractivity contribution >= 4 is 17.7 Å². The maximum Gasteiger partial charge on any atom is 0.499 e.